The zero-order valence-corrected chi connectivity index (χ0v) is 19.2. The highest BCUT2D eigenvalue weighted by Gasteiger charge is 2.22. The quantitative estimate of drug-likeness (QED) is 0.260. The molecular formula is C28H26O5. The summed E-state index contributed by atoms with van der Waals surface area (Å²) in [6.45, 7) is 8.43. The van der Waals surface area contributed by atoms with Gasteiger partial charge in [0.05, 0.1) is 11.6 Å². The summed E-state index contributed by atoms with van der Waals surface area (Å²) in [4.78, 5) is 25.9. The Labute approximate surface area is 192 Å². The van der Waals surface area contributed by atoms with Crippen molar-refractivity contribution in [2.75, 3.05) is 0 Å². The minimum atomic E-state index is -0.680. The maximum atomic E-state index is 13.3. The van der Waals surface area contributed by atoms with Crippen LogP contribution < -0.4 is 10.2 Å². The van der Waals surface area contributed by atoms with E-state index in [-0.39, 0.29) is 16.9 Å². The van der Waals surface area contributed by atoms with Crippen LogP contribution in [0.4, 0.5) is 0 Å². The summed E-state index contributed by atoms with van der Waals surface area (Å²) in [5.74, 6) is -0.486. The fourth-order valence-electron chi connectivity index (χ4n) is 3.50. The summed E-state index contributed by atoms with van der Waals surface area (Å²) in [6.07, 6.45) is 5.18. The minimum Gasteiger partial charge on any atom is -0.461 e. The average Bonchev–Trinajstić information content (AvgIpc) is 3.33. The van der Waals surface area contributed by atoms with Crippen LogP contribution in [0.1, 0.15) is 44.4 Å². The van der Waals surface area contributed by atoms with Crippen LogP contribution in [-0.2, 0) is 16.6 Å². The SMILES string of the molecule is CCc1ccc2oc(-c3ccco3)c(OC(=O)C=Cc3ccc(C(C)(C)C)cc3)c(=O)c2c1. The van der Waals surface area contributed by atoms with Gasteiger partial charge in [-0.25, -0.2) is 4.79 Å². The number of fused-ring (bicyclic) bond motifs is 1. The predicted octanol–water partition coefficient (Wildman–Crippen LogP) is 6.53. The second kappa shape index (κ2) is 8.94. The zero-order chi connectivity index (χ0) is 23.6. The summed E-state index contributed by atoms with van der Waals surface area (Å²) in [7, 11) is 0. The topological polar surface area (TPSA) is 69.7 Å². The number of furan rings is 1. The molecule has 5 nitrogen and oxygen atoms in total. The van der Waals surface area contributed by atoms with Gasteiger partial charge in [0.25, 0.3) is 0 Å². The third kappa shape index (κ3) is 4.82. The molecule has 0 bridgehead atoms. The summed E-state index contributed by atoms with van der Waals surface area (Å²) in [5, 5.41) is 0.356. The standard InChI is InChI=1S/C28H26O5/c1-5-18-10-14-22-21(17-18)25(30)27(26(32-22)23-7-6-16-31-23)33-24(29)15-11-19-8-12-20(13-9-19)28(2,3)4/h6-17H,5H2,1-4H3. The van der Waals surface area contributed by atoms with Gasteiger partial charge in [-0.3, -0.25) is 4.79 Å². The van der Waals surface area contributed by atoms with Crippen LogP contribution in [0.25, 0.3) is 28.6 Å². The first kappa shape index (κ1) is 22.3. The normalized spacial score (nSPS) is 11.9. The van der Waals surface area contributed by atoms with Crippen molar-refractivity contribution in [3.63, 3.8) is 0 Å². The lowest BCUT2D eigenvalue weighted by Gasteiger charge is -2.18. The Morgan fingerprint density at radius 1 is 1.06 bits per heavy atom. The van der Waals surface area contributed by atoms with Gasteiger partial charge in [-0.2, -0.15) is 0 Å². The smallest absolute Gasteiger partial charge is 0.336 e. The number of ether oxygens (including phenoxy) is 1. The van der Waals surface area contributed by atoms with E-state index in [1.807, 2.05) is 37.3 Å². The summed E-state index contributed by atoms with van der Waals surface area (Å²) >= 11 is 0. The van der Waals surface area contributed by atoms with Gasteiger partial charge in [-0.15, -0.1) is 0 Å². The predicted molar refractivity (Wildman–Crippen MR) is 129 cm³/mol. The Bertz CT molecular complexity index is 1370. The Balaban J connectivity index is 1.67. The van der Waals surface area contributed by atoms with E-state index in [0.29, 0.717) is 16.7 Å². The maximum absolute atomic E-state index is 13.3. The van der Waals surface area contributed by atoms with E-state index in [2.05, 4.69) is 20.8 Å². The summed E-state index contributed by atoms with van der Waals surface area (Å²) in [5.41, 5.74) is 3.06. The molecule has 2 aromatic heterocycles. The van der Waals surface area contributed by atoms with Crippen LogP contribution in [0.15, 0.2) is 80.6 Å². The second-order valence-electron chi connectivity index (χ2n) is 8.88. The first-order valence-electron chi connectivity index (χ1n) is 10.9. The van der Waals surface area contributed by atoms with Crippen molar-refractivity contribution in [2.24, 2.45) is 0 Å². The van der Waals surface area contributed by atoms with Crippen LogP contribution in [0.2, 0.25) is 0 Å². The third-order valence-electron chi connectivity index (χ3n) is 5.46. The summed E-state index contributed by atoms with van der Waals surface area (Å²) < 4.78 is 16.8. The Morgan fingerprint density at radius 2 is 1.82 bits per heavy atom. The largest absolute Gasteiger partial charge is 0.461 e. The van der Waals surface area contributed by atoms with Crippen molar-refractivity contribution < 1.29 is 18.4 Å². The molecule has 0 aliphatic heterocycles. The monoisotopic (exact) mass is 442 g/mol. The number of carbonyl (C=O) groups excluding carboxylic acids is 1. The number of hydrogen-bond donors (Lipinski definition) is 0. The molecule has 0 amide bonds. The van der Waals surface area contributed by atoms with E-state index in [1.165, 1.54) is 17.9 Å². The molecule has 4 aromatic rings. The highest BCUT2D eigenvalue weighted by atomic mass is 16.5. The molecular weight excluding hydrogens is 416 g/mol. The molecule has 0 saturated heterocycles. The molecule has 0 fully saturated rings. The Morgan fingerprint density at radius 3 is 2.45 bits per heavy atom. The number of rotatable bonds is 5. The van der Waals surface area contributed by atoms with Gasteiger partial charge in [0, 0.05) is 6.08 Å². The fourth-order valence-corrected chi connectivity index (χ4v) is 3.50. The van der Waals surface area contributed by atoms with Crippen molar-refractivity contribution >= 4 is 23.0 Å². The molecule has 0 saturated carbocycles. The molecule has 2 heterocycles. The van der Waals surface area contributed by atoms with Gasteiger partial charge in [0.2, 0.25) is 16.9 Å². The number of benzene rings is 2. The van der Waals surface area contributed by atoms with Crippen molar-refractivity contribution in [3.05, 3.63) is 93.9 Å². The van der Waals surface area contributed by atoms with E-state index in [1.54, 1.807) is 30.3 Å². The lowest BCUT2D eigenvalue weighted by molar-refractivity contribution is -0.129. The molecule has 0 spiro atoms. The van der Waals surface area contributed by atoms with Gasteiger partial charge in [0.1, 0.15) is 5.58 Å². The van der Waals surface area contributed by atoms with Crippen molar-refractivity contribution in [2.45, 2.75) is 39.5 Å². The average molecular weight is 443 g/mol. The molecule has 0 unspecified atom stereocenters. The van der Waals surface area contributed by atoms with Gasteiger partial charge < -0.3 is 13.6 Å². The lowest BCUT2D eigenvalue weighted by atomic mass is 9.87. The Kier molecular flexibility index (Phi) is 6.05. The molecule has 168 valence electrons. The molecule has 0 aliphatic rings. The summed E-state index contributed by atoms with van der Waals surface area (Å²) in [6, 6.07) is 16.7. The molecule has 2 aromatic carbocycles. The third-order valence-corrected chi connectivity index (χ3v) is 5.46. The van der Waals surface area contributed by atoms with Gasteiger partial charge in [-0.05, 0) is 58.9 Å². The van der Waals surface area contributed by atoms with E-state index in [0.717, 1.165) is 17.5 Å². The number of aryl methyl sites for hydroxylation is 1. The molecule has 0 atom stereocenters. The highest BCUT2D eigenvalue weighted by molar-refractivity contribution is 5.91. The maximum Gasteiger partial charge on any atom is 0.336 e. The van der Waals surface area contributed by atoms with Gasteiger partial charge in [-0.1, -0.05) is 58.0 Å². The lowest BCUT2D eigenvalue weighted by Crippen LogP contribution is -2.14. The van der Waals surface area contributed by atoms with Crippen LogP contribution >= 0.6 is 0 Å². The molecule has 5 heteroatoms. The Hall–Kier alpha value is -3.86. The van der Waals surface area contributed by atoms with Crippen molar-refractivity contribution in [1.82, 2.24) is 0 Å². The highest BCUT2D eigenvalue weighted by Crippen LogP contribution is 2.32. The fraction of sp³-hybridized carbons (Fsp3) is 0.214. The van der Waals surface area contributed by atoms with Crippen molar-refractivity contribution in [3.8, 4) is 17.3 Å². The number of carbonyl (C=O) groups is 1. The van der Waals surface area contributed by atoms with Gasteiger partial charge >= 0.3 is 5.97 Å². The zero-order valence-electron chi connectivity index (χ0n) is 19.2. The van der Waals surface area contributed by atoms with Crippen LogP contribution in [-0.4, -0.2) is 5.97 Å². The minimum absolute atomic E-state index is 0.0468. The van der Waals surface area contributed by atoms with Crippen molar-refractivity contribution in [1.29, 1.82) is 0 Å². The van der Waals surface area contributed by atoms with E-state index in [4.69, 9.17) is 13.6 Å². The van der Waals surface area contributed by atoms with E-state index < -0.39 is 11.4 Å². The molecule has 0 aliphatic carbocycles. The molecule has 33 heavy (non-hydrogen) atoms. The first-order chi connectivity index (χ1) is 15.8. The van der Waals surface area contributed by atoms with Crippen LogP contribution in [0, 0.1) is 0 Å². The molecule has 0 radical (unpaired) electrons. The first-order valence-corrected chi connectivity index (χ1v) is 10.9. The van der Waals surface area contributed by atoms with E-state index in [9.17, 15) is 9.59 Å². The molecule has 4 rings (SSSR count). The molecule has 0 N–H and O–H groups in total. The van der Waals surface area contributed by atoms with Crippen LogP contribution in [0.3, 0.4) is 0 Å². The number of hydrogen-bond acceptors (Lipinski definition) is 5. The second-order valence-corrected chi connectivity index (χ2v) is 8.88. The van der Waals surface area contributed by atoms with E-state index >= 15 is 0 Å². The number of esters is 1. The van der Waals surface area contributed by atoms with Gasteiger partial charge in [0.15, 0.2) is 5.76 Å². The van der Waals surface area contributed by atoms with Crippen LogP contribution in [0.5, 0.6) is 5.75 Å².